The number of anilines is 2. The summed E-state index contributed by atoms with van der Waals surface area (Å²) in [6.07, 6.45) is 0.730. The van der Waals surface area contributed by atoms with Crippen LogP contribution in [-0.2, 0) is 9.53 Å². The molecule has 2 amide bonds. The highest BCUT2D eigenvalue weighted by atomic mass is 35.5. The monoisotopic (exact) mass is 393 g/mol. The maximum atomic E-state index is 13.1. The number of rotatable bonds is 9. The van der Waals surface area contributed by atoms with Gasteiger partial charge in [0.2, 0.25) is 5.91 Å². The maximum absolute atomic E-state index is 13.1. The van der Waals surface area contributed by atoms with Crippen LogP contribution in [0.3, 0.4) is 0 Å². The topological polar surface area (TPSA) is 79.5 Å². The van der Waals surface area contributed by atoms with E-state index in [9.17, 15) is 14.0 Å². The molecule has 0 radical (unpaired) electrons. The normalized spacial score (nSPS) is 10.3. The lowest BCUT2D eigenvalue weighted by Gasteiger charge is -2.10. The molecule has 0 unspecified atom stereocenters. The molecule has 0 aliphatic heterocycles. The Morgan fingerprint density at radius 1 is 1.15 bits per heavy atom. The van der Waals surface area contributed by atoms with Crippen LogP contribution < -0.4 is 16.0 Å². The number of hydrogen-bond donors (Lipinski definition) is 3. The van der Waals surface area contributed by atoms with E-state index < -0.39 is 5.82 Å². The molecule has 6 nitrogen and oxygen atoms in total. The third kappa shape index (κ3) is 6.88. The number of carbonyl (C=O) groups excluding carboxylic acids is 2. The fraction of sp³-hybridized carbons (Fsp3) is 0.263. The standard InChI is InChI=1S/C19H21ClFN3O3/c1-27-9-3-8-22-19(26)13-4-2-5-14(10-13)23-12-18(25)24-15-6-7-17(21)16(20)11-15/h2,4-7,10-11,23H,3,8-9,12H2,1H3,(H,22,26)(H,24,25). The van der Waals surface area contributed by atoms with Crippen molar-refractivity contribution in [1.82, 2.24) is 5.32 Å². The SMILES string of the molecule is COCCCNC(=O)c1cccc(NCC(=O)Nc2ccc(F)c(Cl)c2)c1. The molecule has 0 saturated heterocycles. The number of hydrogen-bond acceptors (Lipinski definition) is 4. The molecular weight excluding hydrogens is 373 g/mol. The van der Waals surface area contributed by atoms with Crippen molar-refractivity contribution in [1.29, 1.82) is 0 Å². The molecule has 0 aromatic heterocycles. The molecule has 144 valence electrons. The molecule has 0 aliphatic carbocycles. The number of methoxy groups -OCH3 is 1. The minimum atomic E-state index is -0.551. The van der Waals surface area contributed by atoms with E-state index in [2.05, 4.69) is 16.0 Å². The van der Waals surface area contributed by atoms with Crippen LogP contribution in [0.15, 0.2) is 42.5 Å². The van der Waals surface area contributed by atoms with E-state index in [0.717, 1.165) is 6.42 Å². The second kappa shape index (κ2) is 10.5. The van der Waals surface area contributed by atoms with Gasteiger partial charge in [0.15, 0.2) is 0 Å². The van der Waals surface area contributed by atoms with Crippen molar-refractivity contribution in [3.8, 4) is 0 Å². The van der Waals surface area contributed by atoms with Crippen LogP contribution in [0, 0.1) is 5.82 Å². The third-order valence-corrected chi connectivity index (χ3v) is 3.88. The van der Waals surface area contributed by atoms with Gasteiger partial charge >= 0.3 is 0 Å². The molecule has 27 heavy (non-hydrogen) atoms. The van der Waals surface area contributed by atoms with Gasteiger partial charge in [0.05, 0.1) is 11.6 Å². The van der Waals surface area contributed by atoms with Gasteiger partial charge in [0.25, 0.3) is 5.91 Å². The zero-order valence-corrected chi connectivity index (χ0v) is 15.6. The van der Waals surface area contributed by atoms with Gasteiger partial charge in [-0.2, -0.15) is 0 Å². The Balaban J connectivity index is 1.85. The summed E-state index contributed by atoms with van der Waals surface area (Å²) in [6.45, 7) is 1.08. The van der Waals surface area contributed by atoms with E-state index in [1.54, 1.807) is 31.4 Å². The Morgan fingerprint density at radius 2 is 1.96 bits per heavy atom. The van der Waals surface area contributed by atoms with Crippen LogP contribution in [0.25, 0.3) is 0 Å². The Morgan fingerprint density at radius 3 is 2.70 bits per heavy atom. The van der Waals surface area contributed by atoms with E-state index in [-0.39, 0.29) is 23.4 Å². The highest BCUT2D eigenvalue weighted by molar-refractivity contribution is 6.31. The van der Waals surface area contributed by atoms with Gasteiger partial charge in [-0.15, -0.1) is 0 Å². The summed E-state index contributed by atoms with van der Waals surface area (Å²) < 4.78 is 18.1. The summed E-state index contributed by atoms with van der Waals surface area (Å²) in [6, 6.07) is 10.8. The number of amides is 2. The van der Waals surface area contributed by atoms with Gasteiger partial charge in [-0.3, -0.25) is 9.59 Å². The quantitative estimate of drug-likeness (QED) is 0.571. The average Bonchev–Trinajstić information content (AvgIpc) is 2.66. The Kier molecular flexibility index (Phi) is 8.03. The second-order valence-electron chi connectivity index (χ2n) is 5.71. The summed E-state index contributed by atoms with van der Waals surface area (Å²) in [5.74, 6) is -1.07. The zero-order chi connectivity index (χ0) is 19.6. The predicted molar refractivity (Wildman–Crippen MR) is 104 cm³/mol. The van der Waals surface area contributed by atoms with E-state index in [1.165, 1.54) is 18.2 Å². The van der Waals surface area contributed by atoms with E-state index in [0.29, 0.717) is 30.1 Å². The van der Waals surface area contributed by atoms with Gasteiger partial charge < -0.3 is 20.7 Å². The molecular formula is C19H21ClFN3O3. The van der Waals surface area contributed by atoms with Crippen molar-refractivity contribution in [3.63, 3.8) is 0 Å². The van der Waals surface area contributed by atoms with Crippen molar-refractivity contribution in [3.05, 3.63) is 58.9 Å². The lowest BCUT2D eigenvalue weighted by Crippen LogP contribution is -2.25. The molecule has 0 bridgehead atoms. The first kappa shape index (κ1) is 20.7. The Labute approximate surface area is 162 Å². The van der Waals surface area contributed by atoms with Gasteiger partial charge in [-0.05, 0) is 42.8 Å². The summed E-state index contributed by atoms with van der Waals surface area (Å²) in [7, 11) is 1.61. The molecule has 0 saturated carbocycles. The van der Waals surface area contributed by atoms with Crippen LogP contribution in [0.4, 0.5) is 15.8 Å². The van der Waals surface area contributed by atoms with Crippen molar-refractivity contribution in [2.24, 2.45) is 0 Å². The van der Waals surface area contributed by atoms with Gasteiger partial charge in [-0.1, -0.05) is 17.7 Å². The summed E-state index contributed by atoms with van der Waals surface area (Å²) in [5.41, 5.74) is 1.52. The fourth-order valence-electron chi connectivity index (χ4n) is 2.25. The minimum absolute atomic E-state index is 0.0199. The molecule has 0 heterocycles. The average molecular weight is 394 g/mol. The molecule has 2 aromatic rings. The highest BCUT2D eigenvalue weighted by Crippen LogP contribution is 2.19. The van der Waals surface area contributed by atoms with Crippen LogP contribution in [0.1, 0.15) is 16.8 Å². The molecule has 3 N–H and O–H groups in total. The van der Waals surface area contributed by atoms with Crippen LogP contribution in [0.2, 0.25) is 5.02 Å². The van der Waals surface area contributed by atoms with Gasteiger partial charge in [-0.25, -0.2) is 4.39 Å². The Bertz CT molecular complexity index is 802. The molecule has 8 heteroatoms. The number of carbonyl (C=O) groups is 2. The first-order valence-electron chi connectivity index (χ1n) is 8.35. The molecule has 0 aliphatic rings. The molecule has 0 atom stereocenters. The summed E-state index contributed by atoms with van der Waals surface area (Å²) >= 11 is 5.68. The van der Waals surface area contributed by atoms with Crippen LogP contribution >= 0.6 is 11.6 Å². The number of ether oxygens (including phenoxy) is 1. The second-order valence-corrected chi connectivity index (χ2v) is 6.12. The highest BCUT2D eigenvalue weighted by Gasteiger charge is 2.08. The lowest BCUT2D eigenvalue weighted by atomic mass is 10.2. The van der Waals surface area contributed by atoms with Gasteiger partial charge in [0, 0.05) is 37.2 Å². The number of halogens is 2. The fourth-order valence-corrected chi connectivity index (χ4v) is 2.43. The van der Waals surface area contributed by atoms with E-state index in [1.807, 2.05) is 0 Å². The predicted octanol–water partition coefficient (Wildman–Crippen LogP) is 3.30. The molecule has 2 rings (SSSR count). The molecule has 0 fully saturated rings. The maximum Gasteiger partial charge on any atom is 0.251 e. The lowest BCUT2D eigenvalue weighted by molar-refractivity contribution is -0.114. The zero-order valence-electron chi connectivity index (χ0n) is 14.9. The summed E-state index contributed by atoms with van der Waals surface area (Å²) in [4.78, 5) is 24.1. The van der Waals surface area contributed by atoms with Gasteiger partial charge in [0.1, 0.15) is 5.82 Å². The van der Waals surface area contributed by atoms with Crippen LogP contribution in [0.5, 0.6) is 0 Å². The minimum Gasteiger partial charge on any atom is -0.385 e. The van der Waals surface area contributed by atoms with Crippen molar-refractivity contribution < 1.29 is 18.7 Å². The Hall–Kier alpha value is -2.64. The van der Waals surface area contributed by atoms with E-state index >= 15 is 0 Å². The largest absolute Gasteiger partial charge is 0.385 e. The third-order valence-electron chi connectivity index (χ3n) is 3.59. The van der Waals surface area contributed by atoms with Crippen molar-refractivity contribution >= 4 is 34.8 Å². The van der Waals surface area contributed by atoms with E-state index in [4.69, 9.17) is 16.3 Å². The smallest absolute Gasteiger partial charge is 0.251 e. The van der Waals surface area contributed by atoms with Crippen molar-refractivity contribution in [2.75, 3.05) is 37.4 Å². The first-order chi connectivity index (χ1) is 13.0. The molecule has 2 aromatic carbocycles. The van der Waals surface area contributed by atoms with Crippen LogP contribution in [-0.4, -0.2) is 38.6 Å². The number of benzene rings is 2. The summed E-state index contributed by atoms with van der Waals surface area (Å²) in [5, 5.41) is 8.29. The molecule has 0 spiro atoms. The number of nitrogens with one attached hydrogen (secondary N) is 3. The van der Waals surface area contributed by atoms with Crippen molar-refractivity contribution in [2.45, 2.75) is 6.42 Å². The first-order valence-corrected chi connectivity index (χ1v) is 8.73.